The van der Waals surface area contributed by atoms with Crippen molar-refractivity contribution in [2.45, 2.75) is 33.3 Å². The normalized spacial score (nSPS) is 10.7. The average Bonchev–Trinajstić information content (AvgIpc) is 2.27. The van der Waals surface area contributed by atoms with Crippen molar-refractivity contribution in [3.8, 4) is 5.75 Å². The predicted octanol–water partition coefficient (Wildman–Crippen LogP) is 3.12. The molecule has 1 aromatic carbocycles. The zero-order valence-corrected chi connectivity index (χ0v) is 11.6. The van der Waals surface area contributed by atoms with Gasteiger partial charge in [-0.1, -0.05) is 6.58 Å². The molecule has 0 heterocycles. The number of ether oxygens (including phenoxy) is 2. The summed E-state index contributed by atoms with van der Waals surface area (Å²) < 4.78 is 10.2. The largest absolute Gasteiger partial charge is 0.456 e. The molecule has 0 atom stereocenters. The first kappa shape index (κ1) is 15.0. The molecule has 0 aliphatic rings. The van der Waals surface area contributed by atoms with E-state index in [1.54, 1.807) is 52.0 Å². The molecule has 0 bridgehead atoms. The molecule has 4 nitrogen and oxygen atoms in total. The number of rotatable bonds is 3. The van der Waals surface area contributed by atoms with Gasteiger partial charge in [-0.05, 0) is 52.0 Å². The molecule has 0 amide bonds. The van der Waals surface area contributed by atoms with Crippen LogP contribution in [0.4, 0.5) is 0 Å². The highest BCUT2D eigenvalue weighted by molar-refractivity contribution is 5.90. The Morgan fingerprint density at radius 2 is 1.63 bits per heavy atom. The maximum absolute atomic E-state index is 11.8. The van der Waals surface area contributed by atoms with Crippen molar-refractivity contribution in [2.75, 3.05) is 0 Å². The molecule has 0 spiro atoms. The van der Waals surface area contributed by atoms with Gasteiger partial charge >= 0.3 is 11.9 Å². The maximum atomic E-state index is 11.8. The molecule has 19 heavy (non-hydrogen) atoms. The number of esters is 2. The number of hydrogen-bond donors (Lipinski definition) is 0. The SMILES string of the molecule is C=C(C)C(=O)Oc1ccc(C(=O)OC(C)(C)C)cc1. The van der Waals surface area contributed by atoms with Crippen molar-refractivity contribution in [1.82, 2.24) is 0 Å². The average molecular weight is 262 g/mol. The van der Waals surface area contributed by atoms with Crippen LogP contribution in [0.2, 0.25) is 0 Å². The number of hydrogen-bond acceptors (Lipinski definition) is 4. The molecule has 0 saturated carbocycles. The maximum Gasteiger partial charge on any atom is 0.338 e. The highest BCUT2D eigenvalue weighted by Crippen LogP contribution is 2.16. The van der Waals surface area contributed by atoms with Crippen molar-refractivity contribution in [1.29, 1.82) is 0 Å². The molecule has 0 N–H and O–H groups in total. The summed E-state index contributed by atoms with van der Waals surface area (Å²) in [6.45, 7) is 10.5. The van der Waals surface area contributed by atoms with Crippen molar-refractivity contribution < 1.29 is 19.1 Å². The highest BCUT2D eigenvalue weighted by atomic mass is 16.6. The minimum absolute atomic E-state index is 0.316. The number of benzene rings is 1. The molecule has 0 saturated heterocycles. The van der Waals surface area contributed by atoms with Crippen molar-refractivity contribution in [3.05, 3.63) is 42.0 Å². The molecule has 102 valence electrons. The number of carbonyl (C=O) groups is 2. The topological polar surface area (TPSA) is 52.6 Å². The Morgan fingerprint density at radius 3 is 2.05 bits per heavy atom. The van der Waals surface area contributed by atoms with Gasteiger partial charge in [-0.2, -0.15) is 0 Å². The zero-order chi connectivity index (χ0) is 14.6. The molecule has 1 aromatic rings. The predicted molar refractivity (Wildman–Crippen MR) is 72.1 cm³/mol. The van der Waals surface area contributed by atoms with E-state index in [2.05, 4.69) is 6.58 Å². The van der Waals surface area contributed by atoms with E-state index < -0.39 is 17.5 Å². The second-order valence-corrected chi connectivity index (χ2v) is 5.20. The van der Waals surface area contributed by atoms with Crippen LogP contribution >= 0.6 is 0 Å². The fourth-order valence-corrected chi connectivity index (χ4v) is 1.19. The van der Waals surface area contributed by atoms with Crippen LogP contribution in [-0.2, 0) is 9.53 Å². The van der Waals surface area contributed by atoms with E-state index in [4.69, 9.17) is 9.47 Å². The van der Waals surface area contributed by atoms with Gasteiger partial charge in [-0.15, -0.1) is 0 Å². The molecule has 4 heteroatoms. The highest BCUT2D eigenvalue weighted by Gasteiger charge is 2.17. The molecule has 0 aliphatic heterocycles. The Morgan fingerprint density at radius 1 is 1.11 bits per heavy atom. The fourth-order valence-electron chi connectivity index (χ4n) is 1.19. The van der Waals surface area contributed by atoms with Crippen molar-refractivity contribution in [3.63, 3.8) is 0 Å². The first-order chi connectivity index (χ1) is 8.69. The van der Waals surface area contributed by atoms with Crippen molar-refractivity contribution in [2.24, 2.45) is 0 Å². The molecular formula is C15H18O4. The van der Waals surface area contributed by atoms with E-state index in [0.29, 0.717) is 16.9 Å². The van der Waals surface area contributed by atoms with Crippen LogP contribution in [0.15, 0.2) is 36.4 Å². The fraction of sp³-hybridized carbons (Fsp3) is 0.333. The van der Waals surface area contributed by atoms with Gasteiger partial charge in [-0.25, -0.2) is 9.59 Å². The van der Waals surface area contributed by atoms with Crippen LogP contribution in [0, 0.1) is 0 Å². The van der Waals surface area contributed by atoms with E-state index in [1.807, 2.05) is 0 Å². The molecule has 0 unspecified atom stereocenters. The van der Waals surface area contributed by atoms with E-state index in [1.165, 1.54) is 0 Å². The summed E-state index contributed by atoms with van der Waals surface area (Å²) in [4.78, 5) is 23.1. The van der Waals surface area contributed by atoms with Crippen LogP contribution in [0.1, 0.15) is 38.1 Å². The molecule has 1 rings (SSSR count). The molecule has 0 aromatic heterocycles. The summed E-state index contributed by atoms with van der Waals surface area (Å²) in [5.74, 6) is -0.546. The third-order valence-electron chi connectivity index (χ3n) is 2.05. The Bertz CT molecular complexity index is 492. The van der Waals surface area contributed by atoms with Crippen LogP contribution in [-0.4, -0.2) is 17.5 Å². The number of carbonyl (C=O) groups excluding carboxylic acids is 2. The molecule has 0 aliphatic carbocycles. The van der Waals surface area contributed by atoms with Gasteiger partial charge < -0.3 is 9.47 Å². The van der Waals surface area contributed by atoms with Gasteiger partial charge in [0.15, 0.2) is 0 Å². The first-order valence-corrected chi connectivity index (χ1v) is 5.90. The monoisotopic (exact) mass is 262 g/mol. The third-order valence-corrected chi connectivity index (χ3v) is 2.05. The van der Waals surface area contributed by atoms with Crippen LogP contribution in [0.3, 0.4) is 0 Å². The Hall–Kier alpha value is -2.10. The van der Waals surface area contributed by atoms with E-state index in [-0.39, 0.29) is 0 Å². The van der Waals surface area contributed by atoms with E-state index in [0.717, 1.165) is 0 Å². The van der Waals surface area contributed by atoms with Crippen LogP contribution < -0.4 is 4.74 Å². The van der Waals surface area contributed by atoms with Crippen LogP contribution in [0.25, 0.3) is 0 Å². The van der Waals surface area contributed by atoms with Gasteiger partial charge in [0.25, 0.3) is 0 Å². The zero-order valence-electron chi connectivity index (χ0n) is 11.6. The summed E-state index contributed by atoms with van der Waals surface area (Å²) in [7, 11) is 0. The lowest BCUT2D eigenvalue weighted by atomic mass is 10.1. The summed E-state index contributed by atoms with van der Waals surface area (Å²) in [6.07, 6.45) is 0. The van der Waals surface area contributed by atoms with Gasteiger partial charge in [0.2, 0.25) is 0 Å². The first-order valence-electron chi connectivity index (χ1n) is 5.90. The van der Waals surface area contributed by atoms with Gasteiger partial charge in [0.1, 0.15) is 11.4 Å². The van der Waals surface area contributed by atoms with Gasteiger partial charge in [-0.3, -0.25) is 0 Å². The third kappa shape index (κ3) is 4.95. The standard InChI is InChI=1S/C15H18O4/c1-10(2)13(16)18-12-8-6-11(7-9-12)14(17)19-15(3,4)5/h6-9H,1H2,2-5H3. The summed E-state index contributed by atoms with van der Waals surface area (Å²) in [5.41, 5.74) is 0.184. The molecular weight excluding hydrogens is 244 g/mol. The second-order valence-electron chi connectivity index (χ2n) is 5.20. The second kappa shape index (κ2) is 5.69. The minimum atomic E-state index is -0.540. The minimum Gasteiger partial charge on any atom is -0.456 e. The Kier molecular flexibility index (Phi) is 4.48. The summed E-state index contributed by atoms with van der Waals surface area (Å²) in [6, 6.07) is 6.18. The smallest absolute Gasteiger partial charge is 0.338 e. The van der Waals surface area contributed by atoms with Gasteiger partial charge in [0, 0.05) is 5.57 Å². The molecule has 0 fully saturated rings. The van der Waals surface area contributed by atoms with Gasteiger partial charge in [0.05, 0.1) is 5.56 Å². The lowest BCUT2D eigenvalue weighted by Gasteiger charge is -2.19. The van der Waals surface area contributed by atoms with E-state index in [9.17, 15) is 9.59 Å². The quantitative estimate of drug-likeness (QED) is 0.477. The molecule has 0 radical (unpaired) electrons. The van der Waals surface area contributed by atoms with E-state index >= 15 is 0 Å². The lowest BCUT2D eigenvalue weighted by molar-refractivity contribution is -0.130. The van der Waals surface area contributed by atoms with Crippen molar-refractivity contribution >= 4 is 11.9 Å². The summed E-state index contributed by atoms with van der Waals surface area (Å²) >= 11 is 0. The van der Waals surface area contributed by atoms with Crippen LogP contribution in [0.5, 0.6) is 5.75 Å². The Labute approximate surface area is 113 Å². The Balaban J connectivity index is 2.74. The lowest BCUT2D eigenvalue weighted by Crippen LogP contribution is -2.23. The summed E-state index contributed by atoms with van der Waals surface area (Å²) in [5, 5.41) is 0.